The molecule has 0 saturated heterocycles. The van der Waals surface area contributed by atoms with Gasteiger partial charge in [0.2, 0.25) is 0 Å². The molecule has 2 heteroatoms. The van der Waals surface area contributed by atoms with Crippen LogP contribution in [0.5, 0.6) is 0 Å². The Balaban J connectivity index is 2.57. The first-order valence-corrected chi connectivity index (χ1v) is 5.41. The van der Waals surface area contributed by atoms with Crippen LogP contribution in [0, 0.1) is 5.92 Å². The minimum atomic E-state index is -0.233. The lowest BCUT2D eigenvalue weighted by Gasteiger charge is -2.18. The zero-order valence-electron chi connectivity index (χ0n) is 9.57. The topological polar surface area (TPSA) is 26.3 Å². The minimum absolute atomic E-state index is 0.0253. The van der Waals surface area contributed by atoms with Gasteiger partial charge in [-0.3, -0.25) is 0 Å². The van der Waals surface area contributed by atoms with Gasteiger partial charge < -0.3 is 4.74 Å². The summed E-state index contributed by atoms with van der Waals surface area (Å²) in [5.41, 5.74) is 0.618. The Hall–Kier alpha value is -1.31. The van der Waals surface area contributed by atoms with Crippen molar-refractivity contribution in [2.24, 2.45) is 5.92 Å². The van der Waals surface area contributed by atoms with E-state index in [4.69, 9.17) is 4.74 Å². The van der Waals surface area contributed by atoms with Crippen LogP contribution < -0.4 is 0 Å². The molecule has 0 aliphatic heterocycles. The van der Waals surface area contributed by atoms with Crippen molar-refractivity contribution in [3.8, 4) is 0 Å². The monoisotopic (exact) mass is 206 g/mol. The zero-order valence-corrected chi connectivity index (χ0v) is 9.57. The largest absolute Gasteiger partial charge is 0.459 e. The van der Waals surface area contributed by atoms with Gasteiger partial charge in [-0.2, -0.15) is 0 Å². The second-order valence-corrected chi connectivity index (χ2v) is 3.86. The highest BCUT2D eigenvalue weighted by atomic mass is 16.5. The van der Waals surface area contributed by atoms with Crippen LogP contribution in [0.15, 0.2) is 30.3 Å². The average Bonchev–Trinajstić information content (AvgIpc) is 2.29. The Morgan fingerprint density at radius 3 is 2.40 bits per heavy atom. The van der Waals surface area contributed by atoms with E-state index in [0.717, 1.165) is 6.42 Å². The van der Waals surface area contributed by atoms with Gasteiger partial charge in [-0.25, -0.2) is 4.79 Å². The predicted octanol–water partition coefficient (Wildman–Crippen LogP) is 3.28. The Kier molecular flexibility index (Phi) is 4.35. The van der Waals surface area contributed by atoms with Crippen molar-refractivity contribution in [3.05, 3.63) is 35.9 Å². The van der Waals surface area contributed by atoms with Crippen molar-refractivity contribution in [2.75, 3.05) is 0 Å². The summed E-state index contributed by atoms with van der Waals surface area (Å²) in [6.07, 6.45) is 0.992. The number of benzene rings is 1. The molecule has 82 valence electrons. The highest BCUT2D eigenvalue weighted by Gasteiger charge is 2.15. The Bertz CT molecular complexity index is 306. The average molecular weight is 206 g/mol. The van der Waals surface area contributed by atoms with Crippen molar-refractivity contribution in [1.82, 2.24) is 0 Å². The molecule has 15 heavy (non-hydrogen) atoms. The summed E-state index contributed by atoms with van der Waals surface area (Å²) in [6.45, 7) is 6.12. The molecule has 1 rings (SSSR count). The zero-order chi connectivity index (χ0) is 11.3. The number of ether oxygens (including phenoxy) is 1. The van der Waals surface area contributed by atoms with Crippen molar-refractivity contribution in [3.63, 3.8) is 0 Å². The van der Waals surface area contributed by atoms with E-state index in [1.807, 2.05) is 25.1 Å². The predicted molar refractivity (Wildman–Crippen MR) is 60.8 cm³/mol. The summed E-state index contributed by atoms with van der Waals surface area (Å²) in [5.74, 6) is 0.168. The quantitative estimate of drug-likeness (QED) is 0.707. The normalized spacial score (nSPS) is 14.3. The van der Waals surface area contributed by atoms with Gasteiger partial charge in [0.05, 0.1) is 5.56 Å². The molecule has 0 aromatic heterocycles. The fourth-order valence-electron chi connectivity index (χ4n) is 1.26. The third-order valence-corrected chi connectivity index (χ3v) is 2.75. The lowest BCUT2D eigenvalue weighted by Crippen LogP contribution is -2.21. The van der Waals surface area contributed by atoms with Crippen LogP contribution in [0.2, 0.25) is 0 Å². The summed E-state index contributed by atoms with van der Waals surface area (Å²) >= 11 is 0. The molecule has 2 atom stereocenters. The molecule has 0 saturated carbocycles. The van der Waals surface area contributed by atoms with E-state index in [1.54, 1.807) is 12.1 Å². The molecular weight excluding hydrogens is 188 g/mol. The Morgan fingerprint density at radius 2 is 1.87 bits per heavy atom. The standard InChI is InChI=1S/C13H18O2/c1-4-10(2)11(3)15-13(14)12-8-6-5-7-9-12/h5-11H,4H2,1-3H3/t10?,11-/m1/s1. The summed E-state index contributed by atoms with van der Waals surface area (Å²) in [7, 11) is 0. The van der Waals surface area contributed by atoms with Gasteiger partial charge in [0.1, 0.15) is 6.10 Å². The molecule has 1 unspecified atom stereocenters. The summed E-state index contributed by atoms with van der Waals surface area (Å²) < 4.78 is 5.35. The van der Waals surface area contributed by atoms with Crippen LogP contribution in [0.4, 0.5) is 0 Å². The lowest BCUT2D eigenvalue weighted by molar-refractivity contribution is 0.0213. The van der Waals surface area contributed by atoms with Crippen LogP contribution >= 0.6 is 0 Å². The smallest absolute Gasteiger partial charge is 0.338 e. The molecule has 0 aliphatic rings. The molecule has 0 aliphatic carbocycles. The Morgan fingerprint density at radius 1 is 1.27 bits per heavy atom. The fourth-order valence-corrected chi connectivity index (χ4v) is 1.26. The molecule has 0 fully saturated rings. The number of carbonyl (C=O) groups is 1. The van der Waals surface area contributed by atoms with E-state index in [9.17, 15) is 4.79 Å². The van der Waals surface area contributed by atoms with Crippen molar-refractivity contribution in [2.45, 2.75) is 33.3 Å². The number of rotatable bonds is 4. The summed E-state index contributed by atoms with van der Waals surface area (Å²) in [6, 6.07) is 9.10. The van der Waals surface area contributed by atoms with Crippen LogP contribution in [0.25, 0.3) is 0 Å². The lowest BCUT2D eigenvalue weighted by atomic mass is 10.0. The maximum Gasteiger partial charge on any atom is 0.338 e. The molecule has 0 radical (unpaired) electrons. The van der Waals surface area contributed by atoms with E-state index < -0.39 is 0 Å². The minimum Gasteiger partial charge on any atom is -0.459 e. The number of carbonyl (C=O) groups excluding carboxylic acids is 1. The third kappa shape index (κ3) is 3.39. The molecule has 0 bridgehead atoms. The SMILES string of the molecule is CCC(C)[C@@H](C)OC(=O)c1ccccc1. The van der Waals surface area contributed by atoms with Crippen LogP contribution in [-0.2, 0) is 4.74 Å². The maximum atomic E-state index is 11.7. The molecule has 0 amide bonds. The fraction of sp³-hybridized carbons (Fsp3) is 0.462. The first-order valence-electron chi connectivity index (χ1n) is 5.41. The molecule has 1 aromatic rings. The maximum absolute atomic E-state index is 11.7. The number of hydrogen-bond donors (Lipinski definition) is 0. The molecular formula is C13H18O2. The first kappa shape index (κ1) is 11.8. The van der Waals surface area contributed by atoms with Gasteiger partial charge in [0, 0.05) is 0 Å². The van der Waals surface area contributed by atoms with Gasteiger partial charge in [0.15, 0.2) is 0 Å². The van der Waals surface area contributed by atoms with E-state index >= 15 is 0 Å². The van der Waals surface area contributed by atoms with Crippen molar-refractivity contribution in [1.29, 1.82) is 0 Å². The molecule has 1 aromatic carbocycles. The van der Waals surface area contributed by atoms with Crippen LogP contribution in [0.3, 0.4) is 0 Å². The van der Waals surface area contributed by atoms with E-state index in [2.05, 4.69) is 13.8 Å². The molecule has 0 heterocycles. The van der Waals surface area contributed by atoms with Crippen molar-refractivity contribution < 1.29 is 9.53 Å². The summed E-state index contributed by atoms with van der Waals surface area (Å²) in [5, 5.41) is 0. The van der Waals surface area contributed by atoms with Gasteiger partial charge >= 0.3 is 5.97 Å². The second-order valence-electron chi connectivity index (χ2n) is 3.86. The van der Waals surface area contributed by atoms with Crippen LogP contribution in [-0.4, -0.2) is 12.1 Å². The highest BCUT2D eigenvalue weighted by Crippen LogP contribution is 2.13. The van der Waals surface area contributed by atoms with E-state index in [-0.39, 0.29) is 12.1 Å². The van der Waals surface area contributed by atoms with Gasteiger partial charge in [0.25, 0.3) is 0 Å². The number of esters is 1. The summed E-state index contributed by atoms with van der Waals surface area (Å²) in [4.78, 5) is 11.7. The number of hydrogen-bond acceptors (Lipinski definition) is 2. The van der Waals surface area contributed by atoms with Gasteiger partial charge in [-0.15, -0.1) is 0 Å². The highest BCUT2D eigenvalue weighted by molar-refractivity contribution is 5.89. The second kappa shape index (κ2) is 5.54. The van der Waals surface area contributed by atoms with Gasteiger partial charge in [-0.1, -0.05) is 38.5 Å². The van der Waals surface area contributed by atoms with Crippen LogP contribution in [0.1, 0.15) is 37.6 Å². The first-order chi connectivity index (χ1) is 7.15. The van der Waals surface area contributed by atoms with E-state index in [1.165, 1.54) is 0 Å². The molecule has 0 N–H and O–H groups in total. The third-order valence-electron chi connectivity index (χ3n) is 2.75. The molecule has 2 nitrogen and oxygen atoms in total. The van der Waals surface area contributed by atoms with Crippen molar-refractivity contribution >= 4 is 5.97 Å². The molecule has 0 spiro atoms. The Labute approximate surface area is 91.3 Å². The van der Waals surface area contributed by atoms with Gasteiger partial charge in [-0.05, 0) is 25.0 Å². The van der Waals surface area contributed by atoms with E-state index in [0.29, 0.717) is 11.5 Å².